The van der Waals surface area contributed by atoms with Crippen LogP contribution in [-0.4, -0.2) is 92.7 Å². The number of ether oxygens (including phenoxy) is 1. The van der Waals surface area contributed by atoms with Crippen LogP contribution in [0.3, 0.4) is 0 Å². The molecule has 0 aliphatic carbocycles. The van der Waals surface area contributed by atoms with Crippen LogP contribution in [0.2, 0.25) is 0 Å². The van der Waals surface area contributed by atoms with Crippen molar-refractivity contribution in [3.8, 4) is 5.75 Å². The first-order chi connectivity index (χ1) is 19.7. The monoisotopic (exact) mass is 588 g/mol. The third kappa shape index (κ3) is 8.83. The zero-order valence-corrected chi connectivity index (χ0v) is 25.1. The number of hydrogen-bond donors (Lipinski definition) is 4. The number of carbonyl (C=O) groups is 5. The van der Waals surface area contributed by atoms with Crippen molar-refractivity contribution in [2.24, 2.45) is 5.92 Å². The molecule has 232 valence electrons. The number of benzene rings is 1. The van der Waals surface area contributed by atoms with Crippen molar-refractivity contribution in [3.63, 3.8) is 0 Å². The van der Waals surface area contributed by atoms with E-state index in [0.29, 0.717) is 44.2 Å². The molecule has 42 heavy (non-hydrogen) atoms. The summed E-state index contributed by atoms with van der Waals surface area (Å²) in [5, 5.41) is 24.7. The number of carbonyl (C=O) groups excluding carboxylic acids is 4. The molecular formula is C30H44N4O8. The van der Waals surface area contributed by atoms with Gasteiger partial charge in [0.25, 0.3) is 0 Å². The summed E-state index contributed by atoms with van der Waals surface area (Å²) in [6, 6.07) is 2.49. The predicted octanol–water partition coefficient (Wildman–Crippen LogP) is 2.43. The number of likely N-dealkylation sites (tertiary alicyclic amines) is 2. The highest BCUT2D eigenvalue weighted by Crippen LogP contribution is 2.23. The van der Waals surface area contributed by atoms with Crippen LogP contribution in [0.25, 0.3) is 0 Å². The molecule has 0 spiro atoms. The van der Waals surface area contributed by atoms with Gasteiger partial charge in [0, 0.05) is 19.5 Å². The molecule has 4 amide bonds. The first-order valence-corrected chi connectivity index (χ1v) is 14.6. The van der Waals surface area contributed by atoms with E-state index in [1.165, 1.54) is 21.9 Å². The minimum absolute atomic E-state index is 0.0409. The summed E-state index contributed by atoms with van der Waals surface area (Å²) < 4.78 is 5.38. The van der Waals surface area contributed by atoms with Gasteiger partial charge >= 0.3 is 12.1 Å². The lowest BCUT2D eigenvalue weighted by Gasteiger charge is -2.32. The first-order valence-electron chi connectivity index (χ1n) is 14.6. The number of rotatable bonds is 10. The Morgan fingerprint density at radius 3 is 2.00 bits per heavy atom. The Morgan fingerprint density at radius 2 is 1.45 bits per heavy atom. The Bertz CT molecular complexity index is 1150. The zero-order chi connectivity index (χ0) is 31.2. The van der Waals surface area contributed by atoms with Gasteiger partial charge in [-0.2, -0.15) is 0 Å². The van der Waals surface area contributed by atoms with E-state index in [1.807, 2.05) is 13.8 Å². The molecule has 2 fully saturated rings. The Hall–Kier alpha value is -3.83. The zero-order valence-electron chi connectivity index (χ0n) is 25.1. The lowest BCUT2D eigenvalue weighted by atomic mass is 10.0. The highest BCUT2D eigenvalue weighted by atomic mass is 16.6. The molecular weight excluding hydrogens is 544 g/mol. The molecule has 1 aromatic rings. The van der Waals surface area contributed by atoms with Gasteiger partial charge in [-0.25, -0.2) is 9.59 Å². The molecule has 0 unspecified atom stereocenters. The van der Waals surface area contributed by atoms with Gasteiger partial charge in [0.05, 0.1) is 0 Å². The van der Waals surface area contributed by atoms with E-state index in [9.17, 15) is 34.2 Å². The summed E-state index contributed by atoms with van der Waals surface area (Å²) in [6.07, 6.45) is 1.50. The molecule has 0 radical (unpaired) electrons. The summed E-state index contributed by atoms with van der Waals surface area (Å²) >= 11 is 0. The molecule has 2 saturated heterocycles. The van der Waals surface area contributed by atoms with Crippen LogP contribution in [0, 0.1) is 5.92 Å². The van der Waals surface area contributed by atoms with E-state index in [-0.39, 0.29) is 24.6 Å². The molecule has 4 N–H and O–H groups in total. The van der Waals surface area contributed by atoms with Crippen LogP contribution in [0.4, 0.5) is 4.79 Å². The number of carboxylic acid groups (broad SMARTS) is 1. The molecule has 12 nitrogen and oxygen atoms in total. The minimum atomic E-state index is -1.07. The predicted molar refractivity (Wildman–Crippen MR) is 153 cm³/mol. The van der Waals surface area contributed by atoms with Gasteiger partial charge in [0.15, 0.2) is 0 Å². The molecule has 0 bridgehead atoms. The van der Waals surface area contributed by atoms with Gasteiger partial charge in [-0.3, -0.25) is 14.4 Å². The van der Waals surface area contributed by atoms with Crippen LogP contribution in [-0.2, 0) is 30.3 Å². The number of phenols is 1. The van der Waals surface area contributed by atoms with Crippen LogP contribution < -0.4 is 10.6 Å². The average Bonchev–Trinajstić information content (AvgIpc) is 3.57. The van der Waals surface area contributed by atoms with Crippen molar-refractivity contribution in [2.45, 2.75) is 103 Å². The number of phenolic OH excluding ortho intramolecular Hbond substituents is 1. The highest BCUT2D eigenvalue weighted by Gasteiger charge is 2.41. The second-order valence-corrected chi connectivity index (χ2v) is 12.5. The largest absolute Gasteiger partial charge is 0.508 e. The van der Waals surface area contributed by atoms with E-state index in [2.05, 4.69) is 10.6 Å². The highest BCUT2D eigenvalue weighted by molar-refractivity contribution is 5.95. The number of amides is 4. The molecule has 2 aliphatic heterocycles. The number of aliphatic carboxylic acids is 1. The SMILES string of the molecule is CC(C)C[C@H](NC(=O)[C@@H]1CCCN1C(=O)[C@H](Cc1ccc(O)cc1)NC(=O)OC(C)(C)C)C(=O)N1CCC[C@H]1C(=O)O. The molecule has 12 heteroatoms. The summed E-state index contributed by atoms with van der Waals surface area (Å²) in [7, 11) is 0. The number of carboxylic acids is 1. The van der Waals surface area contributed by atoms with E-state index in [0.717, 1.165) is 0 Å². The van der Waals surface area contributed by atoms with Crippen molar-refractivity contribution >= 4 is 29.8 Å². The number of hydrogen-bond acceptors (Lipinski definition) is 7. The summed E-state index contributed by atoms with van der Waals surface area (Å²) in [4.78, 5) is 68.0. The van der Waals surface area contributed by atoms with Crippen molar-refractivity contribution < 1.29 is 38.9 Å². The van der Waals surface area contributed by atoms with E-state index >= 15 is 0 Å². The molecule has 0 saturated carbocycles. The van der Waals surface area contributed by atoms with Crippen LogP contribution in [0.15, 0.2) is 24.3 Å². The maximum atomic E-state index is 13.8. The average molecular weight is 589 g/mol. The second-order valence-electron chi connectivity index (χ2n) is 12.5. The van der Waals surface area contributed by atoms with Gasteiger partial charge in [0.1, 0.15) is 35.5 Å². The lowest BCUT2D eigenvalue weighted by molar-refractivity contribution is -0.150. The standard InChI is InChI=1S/C30H44N4O8/c1-18(2)16-21(26(37)34-15-7-9-24(34)28(39)40)31-25(36)23-8-6-14-33(23)27(38)22(32-29(41)42-30(3,4)5)17-19-10-12-20(35)13-11-19/h10-13,18,21-24,35H,6-9,14-17H2,1-5H3,(H,31,36)(H,32,41)(H,39,40)/t21-,22-,23-,24-/m0/s1. The molecule has 4 atom stereocenters. The molecule has 0 aromatic heterocycles. The molecule has 1 aromatic carbocycles. The molecule has 3 rings (SSSR count). The van der Waals surface area contributed by atoms with Crippen LogP contribution in [0.5, 0.6) is 5.75 Å². The maximum absolute atomic E-state index is 13.8. The van der Waals surface area contributed by atoms with Gasteiger partial charge in [-0.15, -0.1) is 0 Å². The normalized spacial score (nSPS) is 20.2. The number of aromatic hydroxyl groups is 1. The van der Waals surface area contributed by atoms with Gasteiger partial charge in [-0.05, 0) is 76.5 Å². The summed E-state index contributed by atoms with van der Waals surface area (Å²) in [5.74, 6) is -2.36. The van der Waals surface area contributed by atoms with Gasteiger partial charge < -0.3 is 35.4 Å². The number of nitrogens with one attached hydrogen (secondary N) is 2. The van der Waals surface area contributed by atoms with Crippen LogP contribution in [0.1, 0.15) is 72.3 Å². The fraction of sp³-hybridized carbons (Fsp3) is 0.633. The molecule has 2 heterocycles. The quantitative estimate of drug-likeness (QED) is 0.324. The lowest BCUT2D eigenvalue weighted by Crippen LogP contribution is -2.58. The Balaban J connectivity index is 1.79. The van der Waals surface area contributed by atoms with Crippen molar-refractivity contribution in [1.29, 1.82) is 0 Å². The molecule has 2 aliphatic rings. The van der Waals surface area contributed by atoms with E-state index < -0.39 is 59.6 Å². The van der Waals surface area contributed by atoms with E-state index in [1.54, 1.807) is 32.9 Å². The Labute approximate surface area is 246 Å². The first kappa shape index (κ1) is 32.7. The summed E-state index contributed by atoms with van der Waals surface area (Å²) in [6.45, 7) is 9.54. The number of alkyl carbamates (subject to hydrolysis) is 1. The fourth-order valence-corrected chi connectivity index (χ4v) is 5.47. The van der Waals surface area contributed by atoms with Crippen LogP contribution >= 0.6 is 0 Å². The van der Waals surface area contributed by atoms with Crippen molar-refractivity contribution in [2.75, 3.05) is 13.1 Å². The van der Waals surface area contributed by atoms with Crippen molar-refractivity contribution in [3.05, 3.63) is 29.8 Å². The Kier molecular flexibility index (Phi) is 10.8. The third-order valence-electron chi connectivity index (χ3n) is 7.35. The topological polar surface area (TPSA) is 166 Å². The summed E-state index contributed by atoms with van der Waals surface area (Å²) in [5.41, 5.74) is -0.109. The van der Waals surface area contributed by atoms with Gasteiger partial charge in [-0.1, -0.05) is 26.0 Å². The minimum Gasteiger partial charge on any atom is -0.508 e. The second kappa shape index (κ2) is 13.9. The van der Waals surface area contributed by atoms with Gasteiger partial charge in [0.2, 0.25) is 17.7 Å². The smallest absolute Gasteiger partial charge is 0.408 e. The number of nitrogens with zero attached hydrogens (tertiary/aromatic N) is 2. The van der Waals surface area contributed by atoms with Crippen molar-refractivity contribution in [1.82, 2.24) is 20.4 Å². The third-order valence-corrected chi connectivity index (χ3v) is 7.35. The maximum Gasteiger partial charge on any atom is 0.408 e. The Morgan fingerprint density at radius 1 is 0.905 bits per heavy atom. The fourth-order valence-electron chi connectivity index (χ4n) is 5.47. The van der Waals surface area contributed by atoms with E-state index in [4.69, 9.17) is 4.74 Å².